The molecule has 1 fully saturated rings. The predicted molar refractivity (Wildman–Crippen MR) is 119 cm³/mol. The number of amides is 2. The lowest BCUT2D eigenvalue weighted by atomic mass is 10.2. The number of halogens is 1. The van der Waals surface area contributed by atoms with E-state index in [1.54, 1.807) is 24.3 Å². The fourth-order valence-electron chi connectivity index (χ4n) is 3.18. The normalized spacial score (nSPS) is 16.3. The summed E-state index contributed by atoms with van der Waals surface area (Å²) >= 11 is 5.82. The van der Waals surface area contributed by atoms with Gasteiger partial charge in [0.1, 0.15) is 6.23 Å². The van der Waals surface area contributed by atoms with Crippen molar-refractivity contribution < 1.29 is 32.2 Å². The minimum Gasteiger partial charge on any atom is -0.493 e. The molecule has 0 saturated carbocycles. The molecule has 12 heteroatoms. The molecule has 33 heavy (non-hydrogen) atoms. The summed E-state index contributed by atoms with van der Waals surface area (Å²) in [6.07, 6.45) is -0.962. The van der Waals surface area contributed by atoms with Gasteiger partial charge >= 0.3 is 11.8 Å². The van der Waals surface area contributed by atoms with Gasteiger partial charge in [0.25, 0.3) is 0 Å². The summed E-state index contributed by atoms with van der Waals surface area (Å²) in [6.45, 7) is 0.193. The Bertz CT molecular complexity index is 1110. The van der Waals surface area contributed by atoms with E-state index in [1.165, 1.54) is 32.4 Å². The van der Waals surface area contributed by atoms with E-state index in [2.05, 4.69) is 10.6 Å². The van der Waals surface area contributed by atoms with E-state index in [0.717, 1.165) is 9.87 Å². The van der Waals surface area contributed by atoms with Gasteiger partial charge < -0.3 is 24.8 Å². The van der Waals surface area contributed by atoms with Crippen LogP contribution in [0.2, 0.25) is 5.02 Å². The van der Waals surface area contributed by atoms with E-state index in [0.29, 0.717) is 10.8 Å². The topological polar surface area (TPSA) is 123 Å². The molecule has 0 unspecified atom stereocenters. The van der Waals surface area contributed by atoms with Crippen LogP contribution in [0.25, 0.3) is 0 Å². The molecule has 3 rings (SSSR count). The summed E-state index contributed by atoms with van der Waals surface area (Å²) in [6, 6.07) is 11.0. The maximum Gasteiger partial charge on any atom is 0.309 e. The number of methoxy groups -OCH3 is 2. The van der Waals surface area contributed by atoms with E-state index in [1.807, 2.05) is 0 Å². The van der Waals surface area contributed by atoms with Crippen molar-refractivity contribution in [3.05, 3.63) is 53.1 Å². The van der Waals surface area contributed by atoms with Crippen molar-refractivity contribution in [3.8, 4) is 11.5 Å². The highest BCUT2D eigenvalue weighted by atomic mass is 35.5. The highest BCUT2D eigenvalue weighted by Crippen LogP contribution is 2.31. The first-order valence-electron chi connectivity index (χ1n) is 9.92. The van der Waals surface area contributed by atoms with Crippen molar-refractivity contribution in [1.82, 2.24) is 14.9 Å². The minimum atomic E-state index is -3.95. The van der Waals surface area contributed by atoms with Crippen molar-refractivity contribution in [2.45, 2.75) is 17.7 Å². The molecule has 2 amide bonds. The molecule has 2 aromatic rings. The van der Waals surface area contributed by atoms with Gasteiger partial charge in [-0.1, -0.05) is 23.7 Å². The number of carbonyl (C=O) groups excluding carboxylic acids is 2. The Balaban J connectivity index is 1.60. The molecule has 1 atom stereocenters. The fraction of sp³-hybridized carbons (Fsp3) is 0.333. The first-order chi connectivity index (χ1) is 15.8. The Kier molecular flexibility index (Phi) is 8.14. The molecule has 1 aliphatic rings. The number of nitrogens with one attached hydrogen (secondary N) is 2. The van der Waals surface area contributed by atoms with E-state index in [4.69, 9.17) is 25.8 Å². The highest BCUT2D eigenvalue weighted by molar-refractivity contribution is 7.89. The number of nitrogens with zero attached hydrogens (tertiary/aromatic N) is 1. The van der Waals surface area contributed by atoms with Crippen LogP contribution in [0, 0.1) is 0 Å². The van der Waals surface area contributed by atoms with E-state index in [-0.39, 0.29) is 36.9 Å². The van der Waals surface area contributed by atoms with Gasteiger partial charge in [-0.25, -0.2) is 8.42 Å². The van der Waals surface area contributed by atoms with Gasteiger partial charge in [0, 0.05) is 24.2 Å². The molecule has 0 aromatic heterocycles. The Morgan fingerprint density at radius 3 is 2.39 bits per heavy atom. The van der Waals surface area contributed by atoms with Crippen molar-refractivity contribution in [1.29, 1.82) is 0 Å². The number of ether oxygens (including phenoxy) is 3. The van der Waals surface area contributed by atoms with E-state index < -0.39 is 28.1 Å². The molecule has 2 N–H and O–H groups in total. The average Bonchev–Trinajstić information content (AvgIpc) is 3.31. The second-order valence-electron chi connectivity index (χ2n) is 6.98. The van der Waals surface area contributed by atoms with E-state index >= 15 is 0 Å². The fourth-order valence-corrected chi connectivity index (χ4v) is 4.83. The molecule has 10 nitrogen and oxygen atoms in total. The van der Waals surface area contributed by atoms with Crippen LogP contribution >= 0.6 is 11.6 Å². The first-order valence-corrected chi connectivity index (χ1v) is 11.7. The van der Waals surface area contributed by atoms with Crippen LogP contribution in [0.5, 0.6) is 11.5 Å². The van der Waals surface area contributed by atoms with Crippen molar-refractivity contribution >= 4 is 33.4 Å². The number of benzene rings is 2. The summed E-state index contributed by atoms with van der Waals surface area (Å²) < 4.78 is 43.2. The lowest BCUT2D eigenvalue weighted by Gasteiger charge is -2.23. The molecule has 2 aromatic carbocycles. The molecule has 0 aliphatic carbocycles. The number of carbonyl (C=O) groups is 2. The molecule has 1 saturated heterocycles. The molecular formula is C21H24ClN3O7S. The Hall–Kier alpha value is -2.86. The zero-order chi connectivity index (χ0) is 24.0. The zero-order valence-corrected chi connectivity index (χ0v) is 19.6. The lowest BCUT2D eigenvalue weighted by molar-refractivity contribution is -0.139. The van der Waals surface area contributed by atoms with Gasteiger partial charge in [-0.05, 0) is 29.8 Å². The van der Waals surface area contributed by atoms with Gasteiger partial charge in [-0.3, -0.25) is 9.59 Å². The Morgan fingerprint density at radius 1 is 1.06 bits per heavy atom. The third-order valence-electron chi connectivity index (χ3n) is 4.91. The number of hydrogen-bond donors (Lipinski definition) is 2. The molecule has 178 valence electrons. The molecule has 0 spiro atoms. The van der Waals surface area contributed by atoms with Gasteiger partial charge in [-0.15, -0.1) is 0 Å². The second-order valence-corrected chi connectivity index (χ2v) is 9.30. The molecule has 0 radical (unpaired) electrons. The summed E-state index contributed by atoms with van der Waals surface area (Å²) in [4.78, 5) is 24.2. The smallest absolute Gasteiger partial charge is 0.309 e. The maximum atomic E-state index is 13.1. The van der Waals surface area contributed by atoms with Gasteiger partial charge in [-0.2, -0.15) is 4.31 Å². The number of rotatable bonds is 8. The van der Waals surface area contributed by atoms with Crippen molar-refractivity contribution in [2.75, 3.05) is 33.9 Å². The van der Waals surface area contributed by atoms with E-state index in [9.17, 15) is 18.0 Å². The van der Waals surface area contributed by atoms with Crippen molar-refractivity contribution in [2.24, 2.45) is 0 Å². The molecular weight excluding hydrogens is 474 g/mol. The summed E-state index contributed by atoms with van der Waals surface area (Å²) in [5, 5.41) is 5.47. The van der Waals surface area contributed by atoms with Crippen molar-refractivity contribution in [3.63, 3.8) is 0 Å². The van der Waals surface area contributed by atoms with Crippen LogP contribution < -0.4 is 20.1 Å². The van der Waals surface area contributed by atoms with Crippen LogP contribution in [-0.4, -0.2) is 64.7 Å². The van der Waals surface area contributed by atoms with Gasteiger partial charge in [0.2, 0.25) is 10.0 Å². The lowest BCUT2D eigenvalue weighted by Crippen LogP contribution is -2.47. The second kappa shape index (κ2) is 10.8. The molecule has 1 heterocycles. The zero-order valence-electron chi connectivity index (χ0n) is 18.0. The quantitative estimate of drug-likeness (QED) is 0.524. The third kappa shape index (κ3) is 5.93. The standard InChI is InChI=1S/C21H24ClN3O7S/c1-30-17-8-7-16(11-18(17)31-2)33(28,29)25-9-10-32-19(25)13-24-21(27)20(26)23-12-14-3-5-15(22)6-4-14/h3-8,11,19H,9-10,12-13H2,1-2H3,(H,23,26)(H,24,27)/t19-/m1/s1. The Labute approximate surface area is 196 Å². The maximum absolute atomic E-state index is 13.1. The Morgan fingerprint density at radius 2 is 1.73 bits per heavy atom. The highest BCUT2D eigenvalue weighted by Gasteiger charge is 2.37. The average molecular weight is 498 g/mol. The van der Waals surface area contributed by atoms with Crippen LogP contribution in [-0.2, 0) is 30.9 Å². The minimum absolute atomic E-state index is 0.0114. The largest absolute Gasteiger partial charge is 0.493 e. The predicted octanol–water partition coefficient (Wildman–Crippen LogP) is 1.14. The summed E-state index contributed by atoms with van der Waals surface area (Å²) in [5.74, 6) is -1.09. The number of sulfonamides is 1. The van der Waals surface area contributed by atoms with Gasteiger partial charge in [0.05, 0.1) is 32.3 Å². The summed E-state index contributed by atoms with van der Waals surface area (Å²) in [7, 11) is -1.10. The molecule has 0 bridgehead atoms. The number of hydrogen-bond acceptors (Lipinski definition) is 7. The van der Waals surface area contributed by atoms with Crippen LogP contribution in [0.1, 0.15) is 5.56 Å². The van der Waals surface area contributed by atoms with Crippen LogP contribution in [0.4, 0.5) is 0 Å². The molecule has 1 aliphatic heterocycles. The SMILES string of the molecule is COc1ccc(S(=O)(=O)N2CCO[C@@H]2CNC(=O)C(=O)NCc2ccc(Cl)cc2)cc1OC. The monoisotopic (exact) mass is 497 g/mol. The van der Waals surface area contributed by atoms with Crippen LogP contribution in [0.15, 0.2) is 47.4 Å². The first kappa shape index (κ1) is 24.8. The summed E-state index contributed by atoms with van der Waals surface area (Å²) in [5.41, 5.74) is 0.770. The third-order valence-corrected chi connectivity index (χ3v) is 7.05. The van der Waals surface area contributed by atoms with Crippen LogP contribution in [0.3, 0.4) is 0 Å². The van der Waals surface area contributed by atoms with Gasteiger partial charge in [0.15, 0.2) is 11.5 Å².